The Hall–Kier alpha value is -3.67. The monoisotopic (exact) mass is 486 g/mol. The molecule has 2 aliphatic rings. The van der Waals surface area contributed by atoms with Crippen LogP contribution in [0.2, 0.25) is 0 Å². The molecule has 188 valence electrons. The van der Waals surface area contributed by atoms with Crippen LogP contribution in [0.5, 0.6) is 0 Å². The predicted molar refractivity (Wildman–Crippen MR) is 141 cm³/mol. The van der Waals surface area contributed by atoms with Crippen molar-refractivity contribution >= 4 is 34.4 Å². The Bertz CT molecular complexity index is 1280. The van der Waals surface area contributed by atoms with Gasteiger partial charge in [-0.2, -0.15) is 4.58 Å². The van der Waals surface area contributed by atoms with Gasteiger partial charge in [0.1, 0.15) is 6.54 Å². The number of benzene rings is 2. The number of Topliss-reactive ketones (excluding diaryl/α,β-unsaturated/α-hetero) is 1. The number of allylic oxidation sites excluding steroid dienone is 3. The molecule has 6 nitrogen and oxygen atoms in total. The number of carboxylic acids is 1. The molecule has 0 bridgehead atoms. The molecule has 0 aromatic heterocycles. The zero-order valence-corrected chi connectivity index (χ0v) is 21.5. The van der Waals surface area contributed by atoms with Crippen LogP contribution in [0.15, 0.2) is 65.9 Å². The van der Waals surface area contributed by atoms with Gasteiger partial charge in [0.25, 0.3) is 0 Å². The Kier molecular flexibility index (Phi) is 7.16. The maximum atomic E-state index is 13.2. The van der Waals surface area contributed by atoms with E-state index in [0.29, 0.717) is 18.5 Å². The Labute approximate surface area is 212 Å². The van der Waals surface area contributed by atoms with Crippen molar-refractivity contribution in [3.05, 3.63) is 77.1 Å². The Morgan fingerprint density at radius 1 is 1.11 bits per heavy atom. The van der Waals surface area contributed by atoms with Gasteiger partial charge in [-0.3, -0.25) is 9.59 Å². The molecule has 4 rings (SSSR count). The summed E-state index contributed by atoms with van der Waals surface area (Å²) < 4.78 is 2.26. The summed E-state index contributed by atoms with van der Waals surface area (Å²) in [6.45, 7) is 7.90. The van der Waals surface area contributed by atoms with Crippen molar-refractivity contribution in [1.82, 2.24) is 0 Å². The van der Waals surface area contributed by atoms with E-state index < -0.39 is 5.97 Å². The molecule has 1 heterocycles. The standard InChI is InChI=1S/C30H34N2O4/c1-5-6-18-32-24-11-8-7-10-23(24)30(2,3)25(32)19-22-28(35)27(29(22)36)20-13-15-21(16-14-20)31(4)17-9-12-26(33)34/h7-8,10-11,13-16,19H,5-6,9,12,17-18H2,1-4H3,(H-,33,34,35,36). The van der Waals surface area contributed by atoms with E-state index >= 15 is 0 Å². The molecule has 0 saturated heterocycles. The van der Waals surface area contributed by atoms with E-state index in [2.05, 4.69) is 37.5 Å². The van der Waals surface area contributed by atoms with Crippen molar-refractivity contribution in [3.63, 3.8) is 0 Å². The minimum Gasteiger partial charge on any atom is -0.871 e. The summed E-state index contributed by atoms with van der Waals surface area (Å²) in [7, 11) is 1.90. The molecule has 0 spiro atoms. The Morgan fingerprint density at radius 3 is 2.44 bits per heavy atom. The SMILES string of the molecule is CCCC[N+]1=C(C=C2C(=O)C(c3ccc(N(C)CCCC(=O)O)cc3)=C2[O-])C(C)(C)c2ccccc21. The summed E-state index contributed by atoms with van der Waals surface area (Å²) in [6.07, 6.45) is 4.56. The minimum atomic E-state index is -0.808. The van der Waals surface area contributed by atoms with Gasteiger partial charge in [0.05, 0.1) is 5.41 Å². The highest BCUT2D eigenvalue weighted by Crippen LogP contribution is 2.42. The molecular weight excluding hydrogens is 452 g/mol. The van der Waals surface area contributed by atoms with Gasteiger partial charge in [-0.1, -0.05) is 49.4 Å². The number of aliphatic carboxylic acids is 1. The smallest absolute Gasteiger partial charge is 0.303 e. The van der Waals surface area contributed by atoms with Gasteiger partial charge >= 0.3 is 5.97 Å². The van der Waals surface area contributed by atoms with Gasteiger partial charge in [-0.25, -0.2) is 0 Å². The lowest BCUT2D eigenvalue weighted by Crippen LogP contribution is -2.33. The van der Waals surface area contributed by atoms with Gasteiger partial charge < -0.3 is 15.1 Å². The summed E-state index contributed by atoms with van der Waals surface area (Å²) in [5, 5.41) is 22.0. The third-order valence-electron chi connectivity index (χ3n) is 7.24. The van der Waals surface area contributed by atoms with Crippen LogP contribution in [0.4, 0.5) is 11.4 Å². The summed E-state index contributed by atoms with van der Waals surface area (Å²) in [6, 6.07) is 15.6. The van der Waals surface area contributed by atoms with E-state index in [-0.39, 0.29) is 34.5 Å². The second kappa shape index (κ2) is 10.1. The molecule has 36 heavy (non-hydrogen) atoms. The van der Waals surface area contributed by atoms with Crippen molar-refractivity contribution in [2.45, 2.75) is 51.9 Å². The van der Waals surface area contributed by atoms with Gasteiger partial charge in [0, 0.05) is 61.0 Å². The average Bonchev–Trinajstić information content (AvgIpc) is 3.07. The molecule has 2 aromatic carbocycles. The summed E-state index contributed by atoms with van der Waals surface area (Å²) in [5.41, 5.74) is 5.05. The molecule has 0 unspecified atom stereocenters. The fourth-order valence-electron chi connectivity index (χ4n) is 5.08. The minimum absolute atomic E-state index is 0.120. The quantitative estimate of drug-likeness (QED) is 0.396. The Morgan fingerprint density at radius 2 is 1.81 bits per heavy atom. The number of rotatable bonds is 10. The highest BCUT2D eigenvalue weighted by molar-refractivity contribution is 6.40. The molecule has 0 radical (unpaired) electrons. The highest BCUT2D eigenvalue weighted by Gasteiger charge is 2.45. The molecule has 1 aliphatic heterocycles. The number of fused-ring (bicyclic) bond motifs is 1. The van der Waals surface area contributed by atoms with E-state index in [0.717, 1.165) is 36.5 Å². The fraction of sp³-hybridized carbons (Fsp3) is 0.367. The van der Waals surface area contributed by atoms with Gasteiger partial charge in [0.15, 0.2) is 11.5 Å². The second-order valence-electron chi connectivity index (χ2n) is 10.1. The van der Waals surface area contributed by atoms with Crippen molar-refractivity contribution < 1.29 is 24.4 Å². The highest BCUT2D eigenvalue weighted by atomic mass is 16.4. The normalized spacial score (nSPS) is 17.4. The van der Waals surface area contributed by atoms with Crippen molar-refractivity contribution in [2.24, 2.45) is 0 Å². The zero-order valence-electron chi connectivity index (χ0n) is 21.5. The number of carbonyl (C=O) groups excluding carboxylic acids is 1. The van der Waals surface area contributed by atoms with Crippen LogP contribution < -0.4 is 10.0 Å². The second-order valence-corrected chi connectivity index (χ2v) is 10.1. The lowest BCUT2D eigenvalue weighted by Gasteiger charge is -2.31. The third kappa shape index (κ3) is 4.60. The Balaban J connectivity index is 1.61. The maximum Gasteiger partial charge on any atom is 0.303 e. The van der Waals surface area contributed by atoms with Gasteiger partial charge in [-0.05, 0) is 38.0 Å². The van der Waals surface area contributed by atoms with Crippen LogP contribution in [-0.2, 0) is 15.0 Å². The first-order chi connectivity index (χ1) is 17.2. The molecule has 1 aliphatic carbocycles. The summed E-state index contributed by atoms with van der Waals surface area (Å²) in [4.78, 5) is 25.9. The predicted octanol–water partition coefficient (Wildman–Crippen LogP) is 4.44. The molecule has 2 aromatic rings. The molecule has 0 atom stereocenters. The first-order valence-corrected chi connectivity index (χ1v) is 12.6. The van der Waals surface area contributed by atoms with E-state index in [1.165, 1.54) is 5.56 Å². The lowest BCUT2D eigenvalue weighted by atomic mass is 9.77. The van der Waals surface area contributed by atoms with Gasteiger partial charge in [0.2, 0.25) is 5.69 Å². The average molecular weight is 487 g/mol. The fourth-order valence-corrected chi connectivity index (χ4v) is 5.08. The van der Waals surface area contributed by atoms with Crippen LogP contribution in [0.25, 0.3) is 5.57 Å². The summed E-state index contributed by atoms with van der Waals surface area (Å²) in [5.74, 6) is -1.23. The van der Waals surface area contributed by atoms with Crippen molar-refractivity contribution in [3.8, 4) is 0 Å². The molecule has 1 N–H and O–H groups in total. The van der Waals surface area contributed by atoms with E-state index in [1.807, 2.05) is 42.3 Å². The largest absolute Gasteiger partial charge is 0.871 e. The van der Waals surface area contributed by atoms with Crippen LogP contribution in [0.1, 0.15) is 57.6 Å². The van der Waals surface area contributed by atoms with E-state index in [9.17, 15) is 14.7 Å². The van der Waals surface area contributed by atoms with Crippen molar-refractivity contribution in [1.29, 1.82) is 0 Å². The molecule has 0 fully saturated rings. The number of ketones is 1. The van der Waals surface area contributed by atoms with Gasteiger partial charge in [-0.15, -0.1) is 0 Å². The molecule has 6 heteroatoms. The number of anilines is 1. The lowest BCUT2D eigenvalue weighted by molar-refractivity contribution is -0.438. The molecule has 0 saturated carbocycles. The number of nitrogens with zero attached hydrogens (tertiary/aromatic N) is 2. The number of carboxylic acid groups (broad SMARTS) is 1. The van der Waals surface area contributed by atoms with Crippen LogP contribution in [0, 0.1) is 0 Å². The first kappa shape index (κ1) is 25.4. The topological polar surface area (TPSA) is 83.7 Å². The number of carbonyl (C=O) groups is 2. The van der Waals surface area contributed by atoms with E-state index in [4.69, 9.17) is 5.11 Å². The van der Waals surface area contributed by atoms with Crippen LogP contribution >= 0.6 is 0 Å². The zero-order chi connectivity index (χ0) is 26.0. The van der Waals surface area contributed by atoms with Crippen LogP contribution in [0.3, 0.4) is 0 Å². The molecular formula is C30H34N2O4. The van der Waals surface area contributed by atoms with E-state index in [1.54, 1.807) is 12.1 Å². The number of hydrogen-bond donors (Lipinski definition) is 1. The number of para-hydroxylation sites is 1. The maximum absolute atomic E-state index is 13.2. The number of hydrogen-bond acceptors (Lipinski definition) is 4. The number of unbranched alkanes of at least 4 members (excludes halogenated alkanes) is 1. The van der Waals surface area contributed by atoms with Crippen LogP contribution in [-0.4, -0.2) is 47.3 Å². The third-order valence-corrected chi connectivity index (χ3v) is 7.24. The van der Waals surface area contributed by atoms with Crippen molar-refractivity contribution in [2.75, 3.05) is 25.0 Å². The molecule has 0 amide bonds. The first-order valence-electron chi connectivity index (χ1n) is 12.6. The summed E-state index contributed by atoms with van der Waals surface area (Å²) >= 11 is 0.